The Labute approximate surface area is 210 Å². The number of amides is 1. The molecule has 0 saturated carbocycles. The summed E-state index contributed by atoms with van der Waals surface area (Å²) in [5.74, 6) is 1.08. The zero-order valence-corrected chi connectivity index (χ0v) is 24.4. The second kappa shape index (κ2) is 13.0. The van der Waals surface area contributed by atoms with Gasteiger partial charge in [0, 0.05) is 17.9 Å². The second-order valence-corrected chi connectivity index (χ2v) is 17.4. The van der Waals surface area contributed by atoms with Gasteiger partial charge >= 0.3 is 0 Å². The predicted octanol–water partition coefficient (Wildman–Crippen LogP) is 7.18. The minimum absolute atomic E-state index is 0.0247. The summed E-state index contributed by atoms with van der Waals surface area (Å²) in [6.07, 6.45) is 15.5. The molecule has 2 aliphatic heterocycles. The molecule has 0 aromatic carbocycles. The van der Waals surface area contributed by atoms with E-state index in [0.717, 1.165) is 32.5 Å². The Morgan fingerprint density at radius 3 is 2.35 bits per heavy atom. The third-order valence-electron chi connectivity index (χ3n) is 8.37. The number of ether oxygens (including phenoxy) is 2. The van der Waals surface area contributed by atoms with Crippen LogP contribution < -0.4 is 5.48 Å². The lowest BCUT2D eigenvalue weighted by molar-refractivity contribution is -0.137. The van der Waals surface area contributed by atoms with E-state index in [1.165, 1.54) is 38.5 Å². The molecule has 2 rings (SSSR count). The molecule has 0 aliphatic carbocycles. The first-order valence-corrected chi connectivity index (χ1v) is 16.7. The van der Waals surface area contributed by atoms with Gasteiger partial charge in [0.15, 0.2) is 0 Å². The molecule has 5 nitrogen and oxygen atoms in total. The van der Waals surface area contributed by atoms with Gasteiger partial charge in [0.1, 0.15) is 0 Å². The van der Waals surface area contributed by atoms with E-state index in [-0.39, 0.29) is 10.9 Å². The molecule has 198 valence electrons. The van der Waals surface area contributed by atoms with Crippen molar-refractivity contribution in [1.82, 2.24) is 5.48 Å². The van der Waals surface area contributed by atoms with E-state index in [1.54, 1.807) is 0 Å². The van der Waals surface area contributed by atoms with Gasteiger partial charge in [-0.1, -0.05) is 73.0 Å². The molecule has 2 bridgehead atoms. The van der Waals surface area contributed by atoms with Crippen LogP contribution in [0.25, 0.3) is 0 Å². The highest BCUT2D eigenvalue weighted by Crippen LogP contribution is 2.45. The highest BCUT2D eigenvalue weighted by Gasteiger charge is 2.48. The molecule has 2 saturated heterocycles. The van der Waals surface area contributed by atoms with E-state index in [1.807, 2.05) is 13.8 Å². The number of unbranched alkanes of at least 4 members (excludes halogenated alkanes) is 3. The van der Waals surface area contributed by atoms with E-state index >= 15 is 0 Å². The fourth-order valence-electron chi connectivity index (χ4n) is 4.67. The first kappa shape index (κ1) is 29.5. The molecule has 34 heavy (non-hydrogen) atoms. The molecule has 2 heterocycles. The standard InChI is InChI=1S/C28H53NO4Si/c1-9-10-11-15-20-31-21-23-22(24-17-18-25(23)32-24)16-13-12-14-19-28(5,6)26(30)29-33-34(7,8)27(2,3)4/h12-13,22-25H,9-11,14-21H2,1-8H3,(H,29,30)/b13-12-/t22-,23+,24-,25+/m1/s1. The number of carbonyl (C=O) groups excluding carboxylic acids is 1. The molecular formula is C28H53NO4Si. The second-order valence-electron chi connectivity index (χ2n) is 12.7. The third kappa shape index (κ3) is 8.46. The van der Waals surface area contributed by atoms with Crippen LogP contribution in [0.15, 0.2) is 12.2 Å². The van der Waals surface area contributed by atoms with Gasteiger partial charge in [0.2, 0.25) is 14.2 Å². The lowest BCUT2D eigenvalue weighted by Crippen LogP contribution is -2.49. The van der Waals surface area contributed by atoms with Gasteiger partial charge in [-0.15, -0.1) is 0 Å². The van der Waals surface area contributed by atoms with Gasteiger partial charge < -0.3 is 14.0 Å². The van der Waals surface area contributed by atoms with Gasteiger partial charge in [-0.05, 0) is 62.6 Å². The minimum atomic E-state index is -2.01. The number of fused-ring (bicyclic) bond motifs is 2. The Balaban J connectivity index is 1.73. The van der Waals surface area contributed by atoms with Crippen molar-refractivity contribution in [3.8, 4) is 0 Å². The van der Waals surface area contributed by atoms with Crippen LogP contribution in [0.5, 0.6) is 0 Å². The average Bonchev–Trinajstić information content (AvgIpc) is 3.35. The SMILES string of the molecule is CCCCCCOC[C@H]1[C@@H](C/C=C\CCC(C)(C)C(=O)NO[Si](C)(C)C(C)(C)C)[C@H]2CC[C@@H]1O2. The van der Waals surface area contributed by atoms with Crippen LogP contribution in [0.2, 0.25) is 18.1 Å². The molecule has 1 amide bonds. The summed E-state index contributed by atoms with van der Waals surface area (Å²) in [5, 5.41) is 0.0640. The molecule has 4 atom stereocenters. The van der Waals surface area contributed by atoms with Crippen LogP contribution >= 0.6 is 0 Å². The van der Waals surface area contributed by atoms with Crippen LogP contribution in [0, 0.1) is 17.3 Å². The molecule has 0 unspecified atom stereocenters. The molecule has 2 fully saturated rings. The van der Waals surface area contributed by atoms with Crippen LogP contribution in [0.3, 0.4) is 0 Å². The molecule has 0 aromatic heterocycles. The van der Waals surface area contributed by atoms with Crippen molar-refractivity contribution >= 4 is 14.2 Å². The van der Waals surface area contributed by atoms with E-state index < -0.39 is 13.7 Å². The van der Waals surface area contributed by atoms with Gasteiger partial charge in [-0.2, -0.15) is 0 Å². The Kier molecular flexibility index (Phi) is 11.3. The largest absolute Gasteiger partial charge is 0.381 e. The smallest absolute Gasteiger partial charge is 0.248 e. The number of hydrogen-bond donors (Lipinski definition) is 1. The van der Waals surface area contributed by atoms with Crippen LogP contribution in [-0.4, -0.2) is 39.6 Å². The number of hydrogen-bond acceptors (Lipinski definition) is 4. The molecule has 0 radical (unpaired) electrons. The Bertz CT molecular complexity index is 655. The molecular weight excluding hydrogens is 442 g/mol. The average molecular weight is 496 g/mol. The first-order chi connectivity index (χ1) is 15.9. The maximum Gasteiger partial charge on any atom is 0.248 e. The van der Waals surface area contributed by atoms with E-state index in [2.05, 4.69) is 58.4 Å². The summed E-state index contributed by atoms with van der Waals surface area (Å²) < 4.78 is 18.2. The maximum absolute atomic E-state index is 12.8. The first-order valence-electron chi connectivity index (χ1n) is 13.8. The van der Waals surface area contributed by atoms with Crippen molar-refractivity contribution in [1.29, 1.82) is 0 Å². The molecule has 0 aromatic rings. The zero-order chi connectivity index (χ0) is 25.4. The summed E-state index contributed by atoms with van der Waals surface area (Å²) in [4.78, 5) is 12.8. The lowest BCUT2D eigenvalue weighted by atomic mass is 9.78. The zero-order valence-electron chi connectivity index (χ0n) is 23.4. The lowest BCUT2D eigenvalue weighted by Gasteiger charge is -2.36. The Morgan fingerprint density at radius 1 is 1.03 bits per heavy atom. The summed E-state index contributed by atoms with van der Waals surface area (Å²) in [6, 6.07) is 0. The van der Waals surface area contributed by atoms with Crippen molar-refractivity contribution in [2.24, 2.45) is 17.3 Å². The van der Waals surface area contributed by atoms with Gasteiger partial charge in [-0.3, -0.25) is 4.79 Å². The van der Waals surface area contributed by atoms with Crippen LogP contribution in [0.1, 0.15) is 99.3 Å². The summed E-state index contributed by atoms with van der Waals surface area (Å²) in [7, 11) is -2.01. The number of allylic oxidation sites excluding steroid dienone is 2. The molecule has 2 aliphatic rings. The van der Waals surface area contributed by atoms with Crippen molar-refractivity contribution in [2.45, 2.75) is 130 Å². The number of hydroxylamine groups is 1. The van der Waals surface area contributed by atoms with Crippen molar-refractivity contribution < 1.29 is 18.8 Å². The molecule has 1 N–H and O–H groups in total. The van der Waals surface area contributed by atoms with Gasteiger partial charge in [-0.25, -0.2) is 5.48 Å². The Morgan fingerprint density at radius 2 is 1.71 bits per heavy atom. The van der Waals surface area contributed by atoms with Crippen LogP contribution in [0.4, 0.5) is 0 Å². The van der Waals surface area contributed by atoms with E-state index in [4.69, 9.17) is 14.0 Å². The quantitative estimate of drug-likeness (QED) is 0.113. The number of rotatable bonds is 15. The summed E-state index contributed by atoms with van der Waals surface area (Å²) >= 11 is 0. The highest BCUT2D eigenvalue weighted by atomic mass is 28.4. The fourth-order valence-corrected chi connectivity index (χ4v) is 5.33. The van der Waals surface area contributed by atoms with E-state index in [0.29, 0.717) is 24.0 Å². The fraction of sp³-hybridized carbons (Fsp3) is 0.893. The van der Waals surface area contributed by atoms with Gasteiger partial charge in [0.25, 0.3) is 0 Å². The van der Waals surface area contributed by atoms with Crippen molar-refractivity contribution in [2.75, 3.05) is 13.2 Å². The van der Waals surface area contributed by atoms with Crippen molar-refractivity contribution in [3.63, 3.8) is 0 Å². The predicted molar refractivity (Wildman–Crippen MR) is 143 cm³/mol. The Hall–Kier alpha value is -0.693. The minimum Gasteiger partial charge on any atom is -0.381 e. The summed E-state index contributed by atoms with van der Waals surface area (Å²) in [6.45, 7) is 18.8. The van der Waals surface area contributed by atoms with Crippen molar-refractivity contribution in [3.05, 3.63) is 12.2 Å². The number of carbonyl (C=O) groups is 1. The van der Waals surface area contributed by atoms with E-state index in [9.17, 15) is 4.79 Å². The monoisotopic (exact) mass is 495 g/mol. The number of nitrogens with one attached hydrogen (secondary N) is 1. The maximum atomic E-state index is 12.8. The van der Waals surface area contributed by atoms with Crippen LogP contribution in [-0.2, 0) is 18.8 Å². The van der Waals surface area contributed by atoms with Gasteiger partial charge in [0.05, 0.1) is 18.8 Å². The third-order valence-corrected chi connectivity index (χ3v) is 12.6. The topological polar surface area (TPSA) is 56.8 Å². The summed E-state index contributed by atoms with van der Waals surface area (Å²) in [5.41, 5.74) is 2.32. The molecule has 0 spiro atoms. The molecule has 6 heteroatoms. The highest BCUT2D eigenvalue weighted by molar-refractivity contribution is 6.74. The normalized spacial score (nSPS) is 25.4.